The lowest BCUT2D eigenvalue weighted by molar-refractivity contribution is -0.127. The van der Waals surface area contributed by atoms with Gasteiger partial charge >= 0.3 is 0 Å². The zero-order valence-electron chi connectivity index (χ0n) is 12.9. The van der Waals surface area contributed by atoms with E-state index in [2.05, 4.69) is 10.2 Å². The lowest BCUT2D eigenvalue weighted by Crippen LogP contribution is -2.50. The van der Waals surface area contributed by atoms with Gasteiger partial charge in [0.25, 0.3) is 0 Å². The Kier molecular flexibility index (Phi) is 6.27. The molecule has 0 saturated carbocycles. The topological polar surface area (TPSA) is 52.6 Å². The molecule has 1 aliphatic rings. The molecule has 1 aliphatic heterocycles. The summed E-state index contributed by atoms with van der Waals surface area (Å²) < 4.78 is 0. The van der Waals surface area contributed by atoms with Crippen LogP contribution in [0.2, 0.25) is 0 Å². The molecule has 0 aromatic carbocycles. The first-order valence-electron chi connectivity index (χ1n) is 7.58. The molecule has 0 aromatic rings. The Balaban J connectivity index is 2.43. The van der Waals surface area contributed by atoms with Gasteiger partial charge in [0.1, 0.15) is 0 Å². The van der Waals surface area contributed by atoms with Crippen LogP contribution in [0.25, 0.3) is 0 Å². The van der Waals surface area contributed by atoms with Crippen molar-refractivity contribution >= 4 is 5.91 Å². The Morgan fingerprint density at radius 1 is 1.21 bits per heavy atom. The van der Waals surface area contributed by atoms with Gasteiger partial charge in [-0.1, -0.05) is 26.7 Å². The first kappa shape index (κ1) is 16.4. The van der Waals surface area contributed by atoms with Crippen LogP contribution in [0.1, 0.15) is 53.4 Å². The molecule has 2 atom stereocenters. The van der Waals surface area contributed by atoms with Crippen LogP contribution in [0.3, 0.4) is 0 Å². The number of carbonyl (C=O) groups is 1. The zero-order chi connectivity index (χ0) is 14.5. The Morgan fingerprint density at radius 3 is 2.21 bits per heavy atom. The molecule has 4 heteroatoms. The molecule has 0 spiro atoms. The number of nitrogens with one attached hydrogen (secondary N) is 1. The largest absolute Gasteiger partial charge is 0.388 e. The molecular formula is C15H30N2O2. The van der Waals surface area contributed by atoms with Crippen molar-refractivity contribution in [1.82, 2.24) is 10.2 Å². The average Bonchev–Trinajstić information content (AvgIpc) is 2.63. The van der Waals surface area contributed by atoms with E-state index < -0.39 is 5.60 Å². The molecule has 2 N–H and O–H groups in total. The van der Waals surface area contributed by atoms with Gasteiger partial charge in [0.05, 0.1) is 11.6 Å². The summed E-state index contributed by atoms with van der Waals surface area (Å²) in [6, 6.07) is -0.0962. The van der Waals surface area contributed by atoms with E-state index >= 15 is 0 Å². The van der Waals surface area contributed by atoms with Crippen molar-refractivity contribution in [2.24, 2.45) is 5.92 Å². The first-order chi connectivity index (χ1) is 8.84. The van der Waals surface area contributed by atoms with Gasteiger partial charge < -0.3 is 10.4 Å². The maximum Gasteiger partial charge on any atom is 0.237 e. The summed E-state index contributed by atoms with van der Waals surface area (Å²) >= 11 is 0. The van der Waals surface area contributed by atoms with Crippen molar-refractivity contribution in [1.29, 1.82) is 0 Å². The van der Waals surface area contributed by atoms with Crippen LogP contribution in [-0.4, -0.2) is 47.2 Å². The van der Waals surface area contributed by atoms with Crippen molar-refractivity contribution in [2.45, 2.75) is 65.0 Å². The summed E-state index contributed by atoms with van der Waals surface area (Å²) in [4.78, 5) is 14.4. The number of nitrogens with zero attached hydrogens (tertiary/aromatic N) is 1. The minimum Gasteiger partial charge on any atom is -0.388 e. The van der Waals surface area contributed by atoms with Crippen LogP contribution in [-0.2, 0) is 4.79 Å². The third-order valence-electron chi connectivity index (χ3n) is 4.43. The van der Waals surface area contributed by atoms with Crippen LogP contribution in [0.4, 0.5) is 0 Å². The van der Waals surface area contributed by atoms with Crippen LogP contribution < -0.4 is 5.32 Å². The molecule has 1 saturated heterocycles. The van der Waals surface area contributed by atoms with E-state index in [-0.39, 0.29) is 17.9 Å². The summed E-state index contributed by atoms with van der Waals surface area (Å²) in [7, 11) is 0. The standard InChI is InChI=1S/C15H30N2O2/c1-12(2)15(4,19)11-16-14(18)13(3)17-9-7-5-6-8-10-17/h12-13,19H,5-11H2,1-4H3,(H,16,18)/t13-,15-/m0/s1. The fourth-order valence-corrected chi connectivity index (χ4v) is 2.27. The smallest absolute Gasteiger partial charge is 0.237 e. The Morgan fingerprint density at radius 2 is 1.74 bits per heavy atom. The molecule has 1 fully saturated rings. The number of hydrogen-bond acceptors (Lipinski definition) is 3. The predicted molar refractivity (Wildman–Crippen MR) is 78.0 cm³/mol. The maximum atomic E-state index is 12.2. The normalized spacial score (nSPS) is 22.6. The van der Waals surface area contributed by atoms with Crippen LogP contribution >= 0.6 is 0 Å². The molecule has 1 heterocycles. The lowest BCUT2D eigenvalue weighted by atomic mass is 9.92. The molecule has 0 radical (unpaired) electrons. The first-order valence-corrected chi connectivity index (χ1v) is 7.58. The molecule has 0 aromatic heterocycles. The SMILES string of the molecule is CC(C)[C@@](C)(O)CNC(=O)[C@H](C)N1CCCCCC1. The van der Waals surface area contributed by atoms with Gasteiger partial charge in [-0.15, -0.1) is 0 Å². The quantitative estimate of drug-likeness (QED) is 0.800. The molecule has 0 unspecified atom stereocenters. The summed E-state index contributed by atoms with van der Waals surface area (Å²) in [6.07, 6.45) is 4.91. The summed E-state index contributed by atoms with van der Waals surface area (Å²) in [6.45, 7) is 10.0. The minimum absolute atomic E-state index is 0.0304. The molecule has 1 amide bonds. The van der Waals surface area contributed by atoms with Crippen molar-refractivity contribution in [2.75, 3.05) is 19.6 Å². The number of hydrogen-bond donors (Lipinski definition) is 2. The van der Waals surface area contributed by atoms with Crippen molar-refractivity contribution in [3.63, 3.8) is 0 Å². The van der Waals surface area contributed by atoms with Gasteiger partial charge in [-0.25, -0.2) is 0 Å². The summed E-state index contributed by atoms with van der Waals surface area (Å²) in [5.41, 5.74) is -0.839. The van der Waals surface area contributed by atoms with Crippen molar-refractivity contribution in [3.05, 3.63) is 0 Å². The average molecular weight is 270 g/mol. The van der Waals surface area contributed by atoms with Crippen molar-refractivity contribution in [3.8, 4) is 0 Å². The second-order valence-electron chi connectivity index (χ2n) is 6.36. The van der Waals surface area contributed by atoms with E-state index in [9.17, 15) is 9.90 Å². The molecule has 0 bridgehead atoms. The number of aliphatic hydroxyl groups is 1. The van der Waals surface area contributed by atoms with E-state index in [1.54, 1.807) is 6.92 Å². The van der Waals surface area contributed by atoms with Gasteiger partial charge in [0.2, 0.25) is 5.91 Å². The fraction of sp³-hybridized carbons (Fsp3) is 0.933. The Bertz CT molecular complexity index is 282. The number of likely N-dealkylation sites (tertiary alicyclic amines) is 1. The number of rotatable bonds is 5. The van der Waals surface area contributed by atoms with Gasteiger partial charge in [-0.3, -0.25) is 9.69 Å². The second-order valence-corrected chi connectivity index (χ2v) is 6.36. The maximum absolute atomic E-state index is 12.2. The summed E-state index contributed by atoms with van der Waals surface area (Å²) in [5, 5.41) is 13.0. The number of amides is 1. The van der Waals surface area contributed by atoms with Gasteiger partial charge in [0, 0.05) is 6.54 Å². The van der Waals surface area contributed by atoms with Crippen LogP contribution in [0.5, 0.6) is 0 Å². The summed E-state index contributed by atoms with van der Waals surface area (Å²) in [5.74, 6) is 0.157. The Hall–Kier alpha value is -0.610. The molecule has 0 aliphatic carbocycles. The van der Waals surface area contributed by atoms with Crippen LogP contribution in [0.15, 0.2) is 0 Å². The monoisotopic (exact) mass is 270 g/mol. The third kappa shape index (κ3) is 5.11. The second kappa shape index (κ2) is 7.25. The highest BCUT2D eigenvalue weighted by Gasteiger charge is 2.28. The molecule has 19 heavy (non-hydrogen) atoms. The van der Waals surface area contributed by atoms with Gasteiger partial charge in [-0.05, 0) is 45.7 Å². The fourth-order valence-electron chi connectivity index (χ4n) is 2.27. The van der Waals surface area contributed by atoms with E-state index in [4.69, 9.17) is 0 Å². The van der Waals surface area contributed by atoms with Crippen LogP contribution in [0, 0.1) is 5.92 Å². The third-order valence-corrected chi connectivity index (χ3v) is 4.43. The minimum atomic E-state index is -0.839. The lowest BCUT2D eigenvalue weighted by Gasteiger charge is -2.31. The molecule has 4 nitrogen and oxygen atoms in total. The highest BCUT2D eigenvalue weighted by atomic mass is 16.3. The van der Waals surface area contributed by atoms with E-state index in [0.717, 1.165) is 13.1 Å². The van der Waals surface area contributed by atoms with Crippen molar-refractivity contribution < 1.29 is 9.90 Å². The molecule has 112 valence electrons. The van der Waals surface area contributed by atoms with E-state index in [0.29, 0.717) is 6.54 Å². The van der Waals surface area contributed by atoms with Gasteiger partial charge in [0.15, 0.2) is 0 Å². The predicted octanol–water partition coefficient (Wildman–Crippen LogP) is 1.77. The van der Waals surface area contributed by atoms with Gasteiger partial charge in [-0.2, -0.15) is 0 Å². The van der Waals surface area contributed by atoms with E-state index in [1.165, 1.54) is 25.7 Å². The Labute approximate surface area is 117 Å². The zero-order valence-corrected chi connectivity index (χ0v) is 12.9. The highest BCUT2D eigenvalue weighted by Crippen LogP contribution is 2.15. The number of carbonyl (C=O) groups excluding carboxylic acids is 1. The highest BCUT2D eigenvalue weighted by molar-refractivity contribution is 5.81. The molecular weight excluding hydrogens is 240 g/mol. The molecule has 1 rings (SSSR count). The van der Waals surface area contributed by atoms with E-state index in [1.807, 2.05) is 20.8 Å².